The Labute approximate surface area is 159 Å². The van der Waals surface area contributed by atoms with Crippen LogP contribution in [0.1, 0.15) is 30.5 Å². The van der Waals surface area contributed by atoms with Crippen molar-refractivity contribution < 1.29 is 19.1 Å². The van der Waals surface area contributed by atoms with Gasteiger partial charge in [0.15, 0.2) is 0 Å². The van der Waals surface area contributed by atoms with Crippen LogP contribution in [0, 0.1) is 6.92 Å². The topological polar surface area (TPSA) is 76.7 Å². The van der Waals surface area contributed by atoms with E-state index in [4.69, 9.17) is 9.47 Å². The van der Waals surface area contributed by atoms with E-state index in [2.05, 4.69) is 10.6 Å². The molecule has 6 heteroatoms. The van der Waals surface area contributed by atoms with Gasteiger partial charge in [0.2, 0.25) is 11.8 Å². The molecule has 0 saturated heterocycles. The van der Waals surface area contributed by atoms with Crippen LogP contribution in [-0.4, -0.2) is 32.1 Å². The highest BCUT2D eigenvalue weighted by atomic mass is 16.5. The summed E-state index contributed by atoms with van der Waals surface area (Å²) in [5.41, 5.74) is 1.96. The summed E-state index contributed by atoms with van der Waals surface area (Å²) >= 11 is 0. The number of methoxy groups -OCH3 is 1. The SMILES string of the molecule is COc1ccc(C(CC(=O)NCCOc2cccc(C)c2)NC(C)=O)cc1. The van der Waals surface area contributed by atoms with Gasteiger partial charge in [0, 0.05) is 6.92 Å². The fourth-order valence-corrected chi connectivity index (χ4v) is 2.66. The number of hydrogen-bond acceptors (Lipinski definition) is 4. The number of rotatable bonds is 9. The highest BCUT2D eigenvalue weighted by molar-refractivity contribution is 5.79. The molecule has 0 fully saturated rings. The third-order valence-electron chi connectivity index (χ3n) is 3.97. The van der Waals surface area contributed by atoms with Crippen molar-refractivity contribution in [3.05, 3.63) is 59.7 Å². The molecular weight excluding hydrogens is 344 g/mol. The van der Waals surface area contributed by atoms with Gasteiger partial charge in [-0.15, -0.1) is 0 Å². The standard InChI is InChI=1S/C21H26N2O4/c1-15-5-4-6-19(13-15)27-12-11-22-21(25)14-20(23-16(2)24)17-7-9-18(26-3)10-8-17/h4-10,13,20H,11-12,14H2,1-3H3,(H,22,25)(H,23,24). The van der Waals surface area contributed by atoms with Gasteiger partial charge in [-0.2, -0.15) is 0 Å². The maximum absolute atomic E-state index is 12.3. The van der Waals surface area contributed by atoms with Gasteiger partial charge in [-0.05, 0) is 42.3 Å². The van der Waals surface area contributed by atoms with Crippen LogP contribution in [0.3, 0.4) is 0 Å². The zero-order valence-electron chi connectivity index (χ0n) is 16.0. The van der Waals surface area contributed by atoms with Gasteiger partial charge in [0.1, 0.15) is 18.1 Å². The minimum Gasteiger partial charge on any atom is -0.497 e. The third-order valence-corrected chi connectivity index (χ3v) is 3.97. The number of carbonyl (C=O) groups excluding carboxylic acids is 2. The van der Waals surface area contributed by atoms with E-state index in [1.54, 1.807) is 19.2 Å². The predicted octanol–water partition coefficient (Wildman–Crippen LogP) is 2.77. The second-order valence-electron chi connectivity index (χ2n) is 6.25. The van der Waals surface area contributed by atoms with Gasteiger partial charge in [0.05, 0.1) is 26.1 Å². The van der Waals surface area contributed by atoms with E-state index in [1.807, 2.05) is 43.3 Å². The van der Waals surface area contributed by atoms with E-state index < -0.39 is 6.04 Å². The summed E-state index contributed by atoms with van der Waals surface area (Å²) in [5, 5.41) is 5.64. The average Bonchev–Trinajstić information content (AvgIpc) is 2.64. The fourth-order valence-electron chi connectivity index (χ4n) is 2.66. The van der Waals surface area contributed by atoms with Crippen LogP contribution in [0.2, 0.25) is 0 Å². The van der Waals surface area contributed by atoms with Crippen LogP contribution in [0.5, 0.6) is 11.5 Å². The van der Waals surface area contributed by atoms with Crippen LogP contribution in [0.4, 0.5) is 0 Å². The summed E-state index contributed by atoms with van der Waals surface area (Å²) in [4.78, 5) is 23.7. The second kappa shape index (κ2) is 10.2. The Morgan fingerprint density at radius 1 is 1.07 bits per heavy atom. The zero-order valence-corrected chi connectivity index (χ0v) is 16.0. The number of carbonyl (C=O) groups is 2. The molecule has 0 saturated carbocycles. The molecule has 2 amide bonds. The first-order chi connectivity index (χ1) is 13.0. The van der Waals surface area contributed by atoms with Crippen molar-refractivity contribution >= 4 is 11.8 Å². The predicted molar refractivity (Wildman–Crippen MR) is 104 cm³/mol. The van der Waals surface area contributed by atoms with Gasteiger partial charge in [-0.3, -0.25) is 9.59 Å². The number of nitrogens with one attached hydrogen (secondary N) is 2. The van der Waals surface area contributed by atoms with Gasteiger partial charge < -0.3 is 20.1 Å². The first-order valence-corrected chi connectivity index (χ1v) is 8.85. The summed E-state index contributed by atoms with van der Waals surface area (Å²) in [7, 11) is 1.59. The Morgan fingerprint density at radius 3 is 2.44 bits per heavy atom. The lowest BCUT2D eigenvalue weighted by molar-refractivity contribution is -0.122. The molecule has 0 bridgehead atoms. The van der Waals surface area contributed by atoms with Gasteiger partial charge in [-0.25, -0.2) is 0 Å². The minimum absolute atomic E-state index is 0.149. The van der Waals surface area contributed by atoms with Crippen LogP contribution in [0.15, 0.2) is 48.5 Å². The Balaban J connectivity index is 1.84. The number of benzene rings is 2. The molecule has 1 unspecified atom stereocenters. The van der Waals surface area contributed by atoms with Gasteiger partial charge in [0.25, 0.3) is 0 Å². The second-order valence-corrected chi connectivity index (χ2v) is 6.25. The van der Waals surface area contributed by atoms with Crippen molar-refractivity contribution in [1.82, 2.24) is 10.6 Å². The highest BCUT2D eigenvalue weighted by Crippen LogP contribution is 2.20. The van der Waals surface area contributed by atoms with E-state index in [-0.39, 0.29) is 18.2 Å². The first kappa shape index (κ1) is 20.3. The van der Waals surface area contributed by atoms with Gasteiger partial charge in [-0.1, -0.05) is 24.3 Å². The van der Waals surface area contributed by atoms with Crippen molar-refractivity contribution in [2.45, 2.75) is 26.3 Å². The molecule has 1 atom stereocenters. The molecule has 0 spiro atoms. The Bertz CT molecular complexity index is 759. The van der Waals surface area contributed by atoms with Crippen molar-refractivity contribution in [2.24, 2.45) is 0 Å². The zero-order chi connectivity index (χ0) is 19.6. The van der Waals surface area contributed by atoms with Crippen LogP contribution in [-0.2, 0) is 9.59 Å². The maximum Gasteiger partial charge on any atom is 0.222 e. The monoisotopic (exact) mass is 370 g/mol. The van der Waals surface area contributed by atoms with Crippen molar-refractivity contribution in [2.75, 3.05) is 20.3 Å². The summed E-state index contributed by atoms with van der Waals surface area (Å²) in [6, 6.07) is 14.6. The lowest BCUT2D eigenvalue weighted by atomic mass is 10.0. The molecular formula is C21H26N2O4. The maximum atomic E-state index is 12.3. The van der Waals surface area contributed by atoms with E-state index in [0.29, 0.717) is 13.2 Å². The van der Waals surface area contributed by atoms with E-state index in [0.717, 1.165) is 22.6 Å². The summed E-state index contributed by atoms with van der Waals surface area (Å²) in [6.45, 7) is 4.20. The smallest absolute Gasteiger partial charge is 0.222 e. The van der Waals surface area contributed by atoms with Crippen molar-refractivity contribution in [1.29, 1.82) is 0 Å². The molecule has 0 aliphatic rings. The quantitative estimate of drug-likeness (QED) is 0.666. The van der Waals surface area contributed by atoms with Crippen molar-refractivity contribution in [3.63, 3.8) is 0 Å². The third kappa shape index (κ3) is 7.01. The number of hydrogen-bond donors (Lipinski definition) is 2. The number of amides is 2. The van der Waals surface area contributed by atoms with Crippen molar-refractivity contribution in [3.8, 4) is 11.5 Å². The Hall–Kier alpha value is -3.02. The van der Waals surface area contributed by atoms with Gasteiger partial charge >= 0.3 is 0 Å². The molecule has 6 nitrogen and oxygen atoms in total. The minimum atomic E-state index is -0.397. The number of ether oxygens (including phenoxy) is 2. The summed E-state index contributed by atoms with van der Waals surface area (Å²) < 4.78 is 10.8. The van der Waals surface area contributed by atoms with Crippen LogP contribution < -0.4 is 20.1 Å². The molecule has 0 aliphatic heterocycles. The van der Waals surface area contributed by atoms with E-state index >= 15 is 0 Å². The molecule has 2 aromatic carbocycles. The normalized spacial score (nSPS) is 11.4. The largest absolute Gasteiger partial charge is 0.497 e. The lowest BCUT2D eigenvalue weighted by Gasteiger charge is -2.18. The first-order valence-electron chi connectivity index (χ1n) is 8.85. The van der Waals surface area contributed by atoms with Crippen LogP contribution >= 0.6 is 0 Å². The molecule has 2 aromatic rings. The molecule has 144 valence electrons. The van der Waals surface area contributed by atoms with E-state index in [9.17, 15) is 9.59 Å². The molecule has 2 N–H and O–H groups in total. The average molecular weight is 370 g/mol. The summed E-state index contributed by atoms with van der Waals surface area (Å²) in [6.07, 6.45) is 0.149. The molecule has 2 rings (SSSR count). The van der Waals surface area contributed by atoms with E-state index in [1.165, 1.54) is 6.92 Å². The fraction of sp³-hybridized carbons (Fsp3) is 0.333. The molecule has 27 heavy (non-hydrogen) atoms. The molecule has 0 aromatic heterocycles. The Morgan fingerprint density at radius 2 is 1.81 bits per heavy atom. The lowest BCUT2D eigenvalue weighted by Crippen LogP contribution is -2.34. The molecule has 0 aliphatic carbocycles. The Kier molecular flexibility index (Phi) is 7.67. The summed E-state index contributed by atoms with van der Waals surface area (Å²) in [5.74, 6) is 1.15. The molecule has 0 heterocycles. The van der Waals surface area contributed by atoms with Crippen LogP contribution in [0.25, 0.3) is 0 Å². The number of aryl methyl sites for hydroxylation is 1. The highest BCUT2D eigenvalue weighted by Gasteiger charge is 2.17. The molecule has 0 radical (unpaired) electrons.